The summed E-state index contributed by atoms with van der Waals surface area (Å²) >= 11 is 0. The zero-order valence-corrected chi connectivity index (χ0v) is 9.95. The third-order valence-electron chi connectivity index (χ3n) is 2.57. The number of carboxylic acids is 1. The van der Waals surface area contributed by atoms with Crippen LogP contribution in [-0.2, 0) is 11.2 Å². The number of hydrogen-bond donors (Lipinski definition) is 2. The van der Waals surface area contributed by atoms with Crippen LogP contribution in [0.3, 0.4) is 0 Å². The minimum Gasteiger partial charge on any atom is -0.480 e. The summed E-state index contributed by atoms with van der Waals surface area (Å²) < 4.78 is 12.9. The highest BCUT2D eigenvalue weighted by atomic mass is 19.1. The monoisotopic (exact) mass is 239 g/mol. The lowest BCUT2D eigenvalue weighted by Gasteiger charge is -2.13. The quantitative estimate of drug-likeness (QED) is 0.767. The van der Waals surface area contributed by atoms with Crippen LogP contribution in [0.5, 0.6) is 0 Å². The van der Waals surface area contributed by atoms with E-state index in [9.17, 15) is 9.18 Å². The average molecular weight is 239 g/mol. The molecule has 0 amide bonds. The molecule has 0 aliphatic rings. The van der Waals surface area contributed by atoms with Gasteiger partial charge in [-0.1, -0.05) is 25.5 Å². The number of hydrogen-bond acceptors (Lipinski definition) is 2. The fourth-order valence-corrected chi connectivity index (χ4v) is 1.68. The Kier molecular flexibility index (Phi) is 5.63. The van der Waals surface area contributed by atoms with E-state index in [1.54, 1.807) is 6.07 Å². The van der Waals surface area contributed by atoms with Gasteiger partial charge < -0.3 is 10.4 Å². The number of carbonyl (C=O) groups is 1. The summed E-state index contributed by atoms with van der Waals surface area (Å²) in [6.45, 7) is 2.49. The van der Waals surface area contributed by atoms with Crippen LogP contribution in [0.25, 0.3) is 0 Å². The number of rotatable bonds is 7. The van der Waals surface area contributed by atoms with E-state index in [0.29, 0.717) is 19.4 Å². The van der Waals surface area contributed by atoms with Crippen LogP contribution < -0.4 is 5.32 Å². The summed E-state index contributed by atoms with van der Waals surface area (Å²) in [5, 5.41) is 11.9. The first kappa shape index (κ1) is 13.6. The minimum atomic E-state index is -0.828. The van der Waals surface area contributed by atoms with E-state index in [0.717, 1.165) is 12.0 Å². The first-order chi connectivity index (χ1) is 8.13. The number of carboxylic acid groups (broad SMARTS) is 1. The van der Waals surface area contributed by atoms with Gasteiger partial charge in [-0.15, -0.1) is 0 Å². The van der Waals surface area contributed by atoms with E-state index < -0.39 is 12.0 Å². The molecular weight excluding hydrogens is 221 g/mol. The van der Waals surface area contributed by atoms with E-state index >= 15 is 0 Å². The third-order valence-corrected chi connectivity index (χ3v) is 2.57. The van der Waals surface area contributed by atoms with Crippen molar-refractivity contribution in [3.05, 3.63) is 35.6 Å². The average Bonchev–Trinajstić information content (AvgIpc) is 2.28. The van der Waals surface area contributed by atoms with Crippen molar-refractivity contribution < 1.29 is 14.3 Å². The van der Waals surface area contributed by atoms with Gasteiger partial charge in [-0.25, -0.2) is 4.39 Å². The molecule has 4 heteroatoms. The van der Waals surface area contributed by atoms with Gasteiger partial charge in [0.2, 0.25) is 0 Å². The molecule has 0 saturated heterocycles. The van der Waals surface area contributed by atoms with E-state index in [4.69, 9.17) is 5.11 Å². The summed E-state index contributed by atoms with van der Waals surface area (Å²) in [5.41, 5.74) is 0.873. The van der Waals surface area contributed by atoms with Crippen LogP contribution >= 0.6 is 0 Å². The van der Waals surface area contributed by atoms with Gasteiger partial charge >= 0.3 is 5.97 Å². The van der Waals surface area contributed by atoms with Crippen molar-refractivity contribution in [2.24, 2.45) is 0 Å². The summed E-state index contributed by atoms with van der Waals surface area (Å²) in [7, 11) is 0. The molecule has 0 radical (unpaired) electrons. The van der Waals surface area contributed by atoms with E-state index in [1.807, 2.05) is 13.0 Å². The molecule has 0 fully saturated rings. The summed E-state index contributed by atoms with van der Waals surface area (Å²) in [5.74, 6) is -1.09. The lowest BCUT2D eigenvalue weighted by atomic mass is 10.1. The Morgan fingerprint density at radius 2 is 2.29 bits per heavy atom. The smallest absolute Gasteiger partial charge is 0.320 e. The molecule has 3 nitrogen and oxygen atoms in total. The SMILES string of the molecule is CCCC(NCCc1cccc(F)c1)C(=O)O. The summed E-state index contributed by atoms with van der Waals surface area (Å²) in [4.78, 5) is 10.9. The highest BCUT2D eigenvalue weighted by Gasteiger charge is 2.14. The molecule has 94 valence electrons. The van der Waals surface area contributed by atoms with Gasteiger partial charge in [0.1, 0.15) is 11.9 Å². The molecular formula is C13H18FNO2. The highest BCUT2D eigenvalue weighted by molar-refractivity contribution is 5.73. The van der Waals surface area contributed by atoms with Crippen LogP contribution in [0.1, 0.15) is 25.3 Å². The van der Waals surface area contributed by atoms with Crippen LogP contribution in [0.4, 0.5) is 4.39 Å². The third kappa shape index (κ3) is 4.95. The molecule has 1 rings (SSSR count). The molecule has 1 atom stereocenters. The van der Waals surface area contributed by atoms with Crippen molar-refractivity contribution in [3.8, 4) is 0 Å². The van der Waals surface area contributed by atoms with E-state index in [-0.39, 0.29) is 5.82 Å². The fourth-order valence-electron chi connectivity index (χ4n) is 1.68. The molecule has 0 aromatic heterocycles. The normalized spacial score (nSPS) is 12.4. The lowest BCUT2D eigenvalue weighted by Crippen LogP contribution is -2.37. The van der Waals surface area contributed by atoms with Gasteiger partial charge in [-0.2, -0.15) is 0 Å². The van der Waals surface area contributed by atoms with Crippen LogP contribution in [0.15, 0.2) is 24.3 Å². The van der Waals surface area contributed by atoms with Gasteiger partial charge in [0.15, 0.2) is 0 Å². The van der Waals surface area contributed by atoms with Gasteiger partial charge in [0.25, 0.3) is 0 Å². The summed E-state index contributed by atoms with van der Waals surface area (Å²) in [6.07, 6.45) is 2.06. The largest absolute Gasteiger partial charge is 0.480 e. The molecule has 0 saturated carbocycles. The minimum absolute atomic E-state index is 0.258. The fraction of sp³-hybridized carbons (Fsp3) is 0.462. The molecule has 1 aromatic carbocycles. The predicted molar refractivity (Wildman–Crippen MR) is 64.4 cm³/mol. The molecule has 0 heterocycles. The van der Waals surface area contributed by atoms with Crippen molar-refractivity contribution in [3.63, 3.8) is 0 Å². The first-order valence-electron chi connectivity index (χ1n) is 5.84. The standard InChI is InChI=1S/C13H18FNO2/c1-2-4-12(13(16)17)15-8-7-10-5-3-6-11(14)9-10/h3,5-6,9,12,15H,2,4,7-8H2,1H3,(H,16,17). The molecule has 17 heavy (non-hydrogen) atoms. The topological polar surface area (TPSA) is 49.3 Å². The maximum atomic E-state index is 12.9. The maximum Gasteiger partial charge on any atom is 0.320 e. The predicted octanol–water partition coefficient (Wildman–Crippen LogP) is 2.21. The van der Waals surface area contributed by atoms with Crippen molar-refractivity contribution >= 4 is 5.97 Å². The first-order valence-corrected chi connectivity index (χ1v) is 5.84. The van der Waals surface area contributed by atoms with Crippen molar-refractivity contribution in [2.75, 3.05) is 6.54 Å². The molecule has 0 aliphatic heterocycles. The Morgan fingerprint density at radius 3 is 2.88 bits per heavy atom. The Balaban J connectivity index is 2.38. The second-order valence-electron chi connectivity index (χ2n) is 4.01. The Labute approximate surface area is 101 Å². The molecule has 0 spiro atoms. The van der Waals surface area contributed by atoms with Crippen molar-refractivity contribution in [1.29, 1.82) is 0 Å². The van der Waals surface area contributed by atoms with Crippen LogP contribution in [-0.4, -0.2) is 23.7 Å². The molecule has 1 unspecified atom stereocenters. The zero-order valence-electron chi connectivity index (χ0n) is 9.95. The second kappa shape index (κ2) is 7.01. The van der Waals surface area contributed by atoms with Gasteiger partial charge in [0.05, 0.1) is 0 Å². The molecule has 1 aromatic rings. The van der Waals surface area contributed by atoms with Crippen LogP contribution in [0.2, 0.25) is 0 Å². The second-order valence-corrected chi connectivity index (χ2v) is 4.01. The zero-order chi connectivity index (χ0) is 12.7. The van der Waals surface area contributed by atoms with Gasteiger partial charge in [0, 0.05) is 0 Å². The number of halogens is 1. The Bertz CT molecular complexity index is 368. The van der Waals surface area contributed by atoms with Gasteiger partial charge in [-0.3, -0.25) is 4.79 Å². The lowest BCUT2D eigenvalue weighted by molar-refractivity contribution is -0.139. The molecule has 0 bridgehead atoms. The van der Waals surface area contributed by atoms with Crippen molar-refractivity contribution in [2.45, 2.75) is 32.2 Å². The molecule has 0 aliphatic carbocycles. The Hall–Kier alpha value is -1.42. The number of aliphatic carboxylic acids is 1. The van der Waals surface area contributed by atoms with E-state index in [2.05, 4.69) is 5.32 Å². The summed E-state index contributed by atoms with van der Waals surface area (Å²) in [6, 6.07) is 5.85. The highest BCUT2D eigenvalue weighted by Crippen LogP contribution is 2.04. The Morgan fingerprint density at radius 1 is 1.53 bits per heavy atom. The van der Waals surface area contributed by atoms with Crippen LogP contribution in [0, 0.1) is 5.82 Å². The molecule has 2 N–H and O–H groups in total. The number of benzene rings is 1. The van der Waals surface area contributed by atoms with Gasteiger partial charge in [-0.05, 0) is 37.1 Å². The maximum absolute atomic E-state index is 12.9. The number of nitrogens with one attached hydrogen (secondary N) is 1. The van der Waals surface area contributed by atoms with Crippen molar-refractivity contribution in [1.82, 2.24) is 5.32 Å². The van der Waals surface area contributed by atoms with E-state index in [1.165, 1.54) is 12.1 Å².